The third-order valence-corrected chi connectivity index (χ3v) is 5.70. The lowest BCUT2D eigenvalue weighted by Crippen LogP contribution is -3.12. The zero-order chi connectivity index (χ0) is 20.4. The summed E-state index contributed by atoms with van der Waals surface area (Å²) in [6.45, 7) is 3.78. The molecule has 8 nitrogen and oxygen atoms in total. The first-order valence-electron chi connectivity index (χ1n) is 9.37. The molecule has 0 radical (unpaired) electrons. The Morgan fingerprint density at radius 3 is 2.55 bits per heavy atom. The number of ether oxygens (including phenoxy) is 1. The molecular formula is C20H22N5O3S+. The topological polar surface area (TPSA) is 88.9 Å². The molecule has 2 heterocycles. The van der Waals surface area contributed by atoms with Crippen LogP contribution in [0.3, 0.4) is 0 Å². The van der Waals surface area contributed by atoms with E-state index in [-0.39, 0.29) is 5.91 Å². The van der Waals surface area contributed by atoms with Crippen molar-refractivity contribution in [3.8, 4) is 0 Å². The van der Waals surface area contributed by atoms with Gasteiger partial charge in [-0.05, 0) is 36.4 Å². The van der Waals surface area contributed by atoms with Crippen molar-refractivity contribution in [1.29, 1.82) is 0 Å². The van der Waals surface area contributed by atoms with Crippen LogP contribution < -0.4 is 15.1 Å². The first-order valence-corrected chi connectivity index (χ1v) is 10.1. The molecule has 150 valence electrons. The van der Waals surface area contributed by atoms with E-state index in [1.54, 1.807) is 30.3 Å². The molecule has 2 aromatic carbocycles. The van der Waals surface area contributed by atoms with Crippen LogP contribution >= 0.6 is 11.7 Å². The van der Waals surface area contributed by atoms with Gasteiger partial charge in [0.15, 0.2) is 0 Å². The fourth-order valence-corrected chi connectivity index (χ4v) is 3.92. The van der Waals surface area contributed by atoms with Gasteiger partial charge in [0, 0.05) is 5.56 Å². The number of nitrogens with one attached hydrogen (secondary N) is 2. The van der Waals surface area contributed by atoms with Crippen LogP contribution in [0.2, 0.25) is 0 Å². The van der Waals surface area contributed by atoms with E-state index < -0.39 is 5.97 Å². The van der Waals surface area contributed by atoms with Gasteiger partial charge in [-0.15, -0.1) is 0 Å². The molecule has 1 aliphatic rings. The van der Waals surface area contributed by atoms with Crippen molar-refractivity contribution in [2.24, 2.45) is 0 Å². The van der Waals surface area contributed by atoms with Gasteiger partial charge >= 0.3 is 5.97 Å². The number of piperazine rings is 1. The summed E-state index contributed by atoms with van der Waals surface area (Å²) in [7, 11) is 3.51. The lowest BCUT2D eigenvalue weighted by molar-refractivity contribution is -0.880. The zero-order valence-electron chi connectivity index (χ0n) is 16.3. The van der Waals surface area contributed by atoms with Crippen LogP contribution in [0.4, 0.5) is 11.4 Å². The van der Waals surface area contributed by atoms with Gasteiger partial charge in [-0.1, -0.05) is 0 Å². The van der Waals surface area contributed by atoms with Crippen LogP contribution in [-0.2, 0) is 4.74 Å². The predicted molar refractivity (Wildman–Crippen MR) is 112 cm³/mol. The van der Waals surface area contributed by atoms with Crippen molar-refractivity contribution < 1.29 is 19.2 Å². The van der Waals surface area contributed by atoms with Crippen LogP contribution in [-0.4, -0.2) is 61.0 Å². The van der Waals surface area contributed by atoms with Crippen molar-refractivity contribution in [1.82, 2.24) is 8.75 Å². The van der Waals surface area contributed by atoms with E-state index in [2.05, 4.69) is 26.0 Å². The number of fused-ring (bicyclic) bond motifs is 1. The number of nitrogens with zero attached hydrogens (tertiary/aromatic N) is 3. The smallest absolute Gasteiger partial charge is 0.337 e. The minimum absolute atomic E-state index is 0.261. The minimum Gasteiger partial charge on any atom is -0.465 e. The zero-order valence-corrected chi connectivity index (χ0v) is 17.1. The average molecular weight is 412 g/mol. The number of methoxy groups -OCH3 is 1. The second-order valence-electron chi connectivity index (χ2n) is 7.09. The van der Waals surface area contributed by atoms with Gasteiger partial charge in [0.2, 0.25) is 0 Å². The number of hydrogen-bond acceptors (Lipinski definition) is 7. The molecule has 0 unspecified atom stereocenters. The van der Waals surface area contributed by atoms with Gasteiger partial charge in [-0.25, -0.2) is 4.79 Å². The molecule has 4 rings (SSSR count). The van der Waals surface area contributed by atoms with E-state index in [1.807, 2.05) is 6.07 Å². The summed E-state index contributed by atoms with van der Waals surface area (Å²) >= 11 is 1.11. The number of carbonyl (C=O) groups is 2. The van der Waals surface area contributed by atoms with Crippen LogP contribution in [0.25, 0.3) is 11.0 Å². The largest absolute Gasteiger partial charge is 0.465 e. The average Bonchev–Trinajstić information content (AvgIpc) is 3.21. The number of rotatable bonds is 4. The van der Waals surface area contributed by atoms with Gasteiger partial charge in [0.05, 0.1) is 69.0 Å². The molecule has 3 aromatic rings. The first-order chi connectivity index (χ1) is 14.0. The summed E-state index contributed by atoms with van der Waals surface area (Å²) in [5.41, 5.74) is 3.82. The number of benzene rings is 2. The number of esters is 1. The summed E-state index contributed by atoms with van der Waals surface area (Å²) < 4.78 is 13.2. The van der Waals surface area contributed by atoms with E-state index in [0.717, 1.165) is 49.1 Å². The maximum Gasteiger partial charge on any atom is 0.337 e. The number of carbonyl (C=O) groups excluding carboxylic acids is 2. The summed E-state index contributed by atoms with van der Waals surface area (Å²) in [6, 6.07) is 10.5. The molecule has 0 spiro atoms. The molecule has 2 N–H and O–H groups in total. The quantitative estimate of drug-likeness (QED) is 0.623. The molecule has 1 fully saturated rings. The molecule has 29 heavy (non-hydrogen) atoms. The summed E-state index contributed by atoms with van der Waals surface area (Å²) in [6.07, 6.45) is 0. The van der Waals surface area contributed by atoms with Gasteiger partial charge in [0.25, 0.3) is 5.91 Å². The number of aromatic nitrogens is 2. The van der Waals surface area contributed by atoms with Crippen molar-refractivity contribution >= 4 is 46.0 Å². The normalized spacial score (nSPS) is 14.8. The molecule has 0 atom stereocenters. The third-order valence-electron chi connectivity index (χ3n) is 5.14. The van der Waals surface area contributed by atoms with Gasteiger partial charge in [-0.2, -0.15) is 8.75 Å². The second-order valence-corrected chi connectivity index (χ2v) is 7.62. The molecule has 1 saturated heterocycles. The molecule has 0 aliphatic carbocycles. The van der Waals surface area contributed by atoms with Crippen LogP contribution in [0.5, 0.6) is 0 Å². The molecule has 0 bridgehead atoms. The Labute approximate surface area is 172 Å². The van der Waals surface area contributed by atoms with E-state index in [0.29, 0.717) is 22.3 Å². The highest BCUT2D eigenvalue weighted by molar-refractivity contribution is 7.00. The number of quaternary nitrogens is 1. The van der Waals surface area contributed by atoms with Gasteiger partial charge < -0.3 is 19.9 Å². The van der Waals surface area contributed by atoms with E-state index in [1.165, 1.54) is 12.0 Å². The Morgan fingerprint density at radius 2 is 1.79 bits per heavy atom. The highest BCUT2D eigenvalue weighted by Crippen LogP contribution is 2.28. The Balaban J connectivity index is 1.65. The lowest BCUT2D eigenvalue weighted by Gasteiger charge is -2.33. The number of anilines is 2. The fourth-order valence-electron chi connectivity index (χ4n) is 3.40. The van der Waals surface area contributed by atoms with E-state index in [4.69, 9.17) is 4.74 Å². The Morgan fingerprint density at radius 1 is 1.07 bits per heavy atom. The predicted octanol–water partition coefficient (Wildman–Crippen LogP) is 1.06. The fraction of sp³-hybridized carbons (Fsp3) is 0.300. The molecule has 1 amide bonds. The van der Waals surface area contributed by atoms with E-state index >= 15 is 0 Å². The lowest BCUT2D eigenvalue weighted by atomic mass is 10.1. The summed E-state index contributed by atoms with van der Waals surface area (Å²) in [5.74, 6) is -0.701. The molecule has 9 heteroatoms. The van der Waals surface area contributed by atoms with Crippen molar-refractivity contribution in [2.75, 3.05) is 50.6 Å². The van der Waals surface area contributed by atoms with Gasteiger partial charge in [-0.3, -0.25) is 4.79 Å². The maximum atomic E-state index is 12.9. The van der Waals surface area contributed by atoms with Crippen LogP contribution in [0.1, 0.15) is 20.7 Å². The summed E-state index contributed by atoms with van der Waals surface area (Å²) in [4.78, 5) is 28.6. The number of amides is 1. The van der Waals surface area contributed by atoms with Crippen LogP contribution in [0.15, 0.2) is 36.4 Å². The Hall–Kier alpha value is -3.04. The van der Waals surface area contributed by atoms with Crippen molar-refractivity contribution in [3.05, 3.63) is 47.5 Å². The number of hydrogen-bond donors (Lipinski definition) is 2. The highest BCUT2D eigenvalue weighted by atomic mass is 32.1. The van der Waals surface area contributed by atoms with Crippen LogP contribution in [0, 0.1) is 0 Å². The van der Waals surface area contributed by atoms with Crippen molar-refractivity contribution in [3.63, 3.8) is 0 Å². The molecular weight excluding hydrogens is 390 g/mol. The monoisotopic (exact) mass is 412 g/mol. The maximum absolute atomic E-state index is 12.9. The number of likely N-dealkylation sites (N-methyl/N-ethyl adjacent to an activating group) is 1. The Bertz CT molecular complexity index is 1060. The molecule has 0 saturated carbocycles. The molecule has 1 aliphatic heterocycles. The highest BCUT2D eigenvalue weighted by Gasteiger charge is 2.22. The standard InChI is InChI=1S/C20H21N5O3S/c1-24-7-9-25(10-8-24)18-6-4-14(20(27)28-2)12-17(18)21-19(26)13-3-5-15-16(11-13)23-29-22-15/h3-6,11-12H,7-10H2,1-2H3,(H,21,26)/p+1. The van der Waals surface area contributed by atoms with Gasteiger partial charge in [0.1, 0.15) is 11.0 Å². The third kappa shape index (κ3) is 4.06. The van der Waals surface area contributed by atoms with Crippen molar-refractivity contribution in [2.45, 2.75) is 0 Å². The molecule has 1 aromatic heterocycles. The minimum atomic E-state index is -0.440. The second kappa shape index (κ2) is 8.14. The SMILES string of the molecule is COC(=O)c1ccc(N2CC[NH+](C)CC2)c(NC(=O)c2ccc3nsnc3c2)c1. The Kier molecular flexibility index (Phi) is 5.41. The first kappa shape index (κ1) is 19.3. The summed E-state index contributed by atoms with van der Waals surface area (Å²) in [5, 5.41) is 2.97. The van der Waals surface area contributed by atoms with E-state index in [9.17, 15) is 9.59 Å².